The Morgan fingerprint density at radius 2 is 1.71 bits per heavy atom. The summed E-state index contributed by atoms with van der Waals surface area (Å²) in [6, 6.07) is 6.76. The van der Waals surface area contributed by atoms with E-state index in [2.05, 4.69) is 21.2 Å². The molecule has 1 aliphatic heterocycles. The number of benzene rings is 2. The van der Waals surface area contributed by atoms with Gasteiger partial charge in [-0.25, -0.2) is 4.79 Å². The highest BCUT2D eigenvalue weighted by Crippen LogP contribution is 2.29. The summed E-state index contributed by atoms with van der Waals surface area (Å²) in [5, 5.41) is 41.1. The van der Waals surface area contributed by atoms with Gasteiger partial charge in [-0.05, 0) is 17.5 Å². The highest BCUT2D eigenvalue weighted by atomic mass is 79.9. The Bertz CT molecular complexity index is 1050. The van der Waals surface area contributed by atoms with E-state index in [1.807, 2.05) is 0 Å². The van der Waals surface area contributed by atoms with Crippen molar-refractivity contribution in [2.24, 2.45) is 5.73 Å². The molecule has 3 rings (SSSR count). The number of anilines is 1. The molecule has 0 aliphatic carbocycles. The lowest BCUT2D eigenvalue weighted by molar-refractivity contribution is -0.385. The van der Waals surface area contributed by atoms with Crippen LogP contribution in [0.5, 0.6) is 0 Å². The maximum absolute atomic E-state index is 10.7. The molecule has 0 saturated heterocycles. The molecule has 0 amide bonds. The summed E-state index contributed by atoms with van der Waals surface area (Å²) in [7, 11) is 0. The molecule has 31 heavy (non-hydrogen) atoms. The maximum Gasteiger partial charge on any atom is 0.326 e. The number of nitrogens with zero attached hydrogens (tertiary/aromatic N) is 2. The largest absolute Gasteiger partial charge is 0.480 e. The highest BCUT2D eigenvalue weighted by molar-refractivity contribution is 9.10. The smallest absolute Gasteiger partial charge is 0.326 e. The van der Waals surface area contributed by atoms with E-state index in [-0.39, 0.29) is 17.8 Å². The van der Waals surface area contributed by atoms with Gasteiger partial charge in [-0.2, -0.15) is 0 Å². The molecule has 13 heteroatoms. The van der Waals surface area contributed by atoms with Crippen molar-refractivity contribution in [2.75, 3.05) is 5.32 Å². The van der Waals surface area contributed by atoms with Crippen LogP contribution in [-0.4, -0.2) is 44.1 Å². The summed E-state index contributed by atoms with van der Waals surface area (Å²) in [4.78, 5) is 41.1. The highest BCUT2D eigenvalue weighted by Gasteiger charge is 2.27. The molecule has 0 saturated carbocycles. The first-order valence-corrected chi connectivity index (χ1v) is 9.46. The first-order chi connectivity index (χ1) is 14.5. The number of carbonyl (C=O) groups is 2. The van der Waals surface area contributed by atoms with Crippen LogP contribution >= 0.6 is 15.9 Å². The van der Waals surface area contributed by atoms with Crippen molar-refractivity contribution in [3.63, 3.8) is 0 Å². The molecular formula is C18H17BrN4O8. The van der Waals surface area contributed by atoms with Gasteiger partial charge in [0.1, 0.15) is 12.1 Å². The SMILES string of the molecule is N[C@@H](Cc1ccc([N+](=O)[O-])cc1Br)C(=O)O.O=C(O)[C@@H]1Cc2ccc([N+](=O)[O-])cc2N1. The topological polar surface area (TPSA) is 199 Å². The molecular weight excluding hydrogens is 480 g/mol. The molecule has 1 heterocycles. The van der Waals surface area contributed by atoms with Crippen molar-refractivity contribution in [3.8, 4) is 0 Å². The molecule has 0 unspecified atom stereocenters. The van der Waals surface area contributed by atoms with Crippen LogP contribution in [0, 0.1) is 20.2 Å². The molecule has 0 fully saturated rings. The van der Waals surface area contributed by atoms with Crippen LogP contribution in [0.2, 0.25) is 0 Å². The summed E-state index contributed by atoms with van der Waals surface area (Å²) >= 11 is 3.14. The van der Waals surface area contributed by atoms with Crippen LogP contribution in [0.1, 0.15) is 11.1 Å². The van der Waals surface area contributed by atoms with Gasteiger partial charge in [0.25, 0.3) is 11.4 Å². The molecule has 1 aliphatic rings. The zero-order chi connectivity index (χ0) is 23.3. The lowest BCUT2D eigenvalue weighted by atomic mass is 10.1. The second-order valence-electron chi connectivity index (χ2n) is 6.52. The Hall–Kier alpha value is -3.58. The summed E-state index contributed by atoms with van der Waals surface area (Å²) in [6.45, 7) is 0. The second-order valence-corrected chi connectivity index (χ2v) is 7.37. The number of hydrogen-bond acceptors (Lipinski definition) is 8. The summed E-state index contributed by atoms with van der Waals surface area (Å²) < 4.78 is 0.485. The third-order valence-corrected chi connectivity index (χ3v) is 5.10. The quantitative estimate of drug-likeness (QED) is 0.339. The van der Waals surface area contributed by atoms with Gasteiger partial charge in [-0.15, -0.1) is 0 Å². The first kappa shape index (κ1) is 23.7. The van der Waals surface area contributed by atoms with E-state index in [0.29, 0.717) is 22.1 Å². The number of non-ortho nitro benzene ring substituents is 2. The Kier molecular flexibility index (Phi) is 7.61. The molecule has 0 spiro atoms. The van der Waals surface area contributed by atoms with Gasteiger partial charge in [-0.1, -0.05) is 28.1 Å². The first-order valence-electron chi connectivity index (χ1n) is 8.67. The van der Waals surface area contributed by atoms with Gasteiger partial charge in [0.05, 0.1) is 9.85 Å². The molecule has 2 aromatic rings. The Morgan fingerprint density at radius 1 is 1.13 bits per heavy atom. The Balaban J connectivity index is 0.000000220. The fourth-order valence-corrected chi connectivity index (χ4v) is 3.27. The van der Waals surface area contributed by atoms with E-state index in [0.717, 1.165) is 5.56 Å². The molecule has 2 aromatic carbocycles. The number of carboxylic acid groups (broad SMARTS) is 2. The summed E-state index contributed by atoms with van der Waals surface area (Å²) in [5.41, 5.74) is 7.23. The van der Waals surface area contributed by atoms with Gasteiger partial charge < -0.3 is 21.3 Å². The minimum atomic E-state index is -1.11. The molecule has 164 valence electrons. The fraction of sp³-hybridized carbons (Fsp3) is 0.222. The molecule has 5 N–H and O–H groups in total. The summed E-state index contributed by atoms with van der Waals surface area (Å²) in [5.74, 6) is -2.06. The van der Waals surface area contributed by atoms with Crippen molar-refractivity contribution < 1.29 is 29.6 Å². The number of hydrogen-bond donors (Lipinski definition) is 4. The molecule has 0 radical (unpaired) electrons. The number of nitrogens with one attached hydrogen (secondary N) is 1. The molecule has 2 atom stereocenters. The van der Waals surface area contributed by atoms with Crippen LogP contribution < -0.4 is 11.1 Å². The minimum Gasteiger partial charge on any atom is -0.480 e. The zero-order valence-electron chi connectivity index (χ0n) is 15.7. The van der Waals surface area contributed by atoms with Gasteiger partial charge >= 0.3 is 11.9 Å². The number of nitro benzene ring substituents is 2. The number of carboxylic acids is 2. The zero-order valence-corrected chi connectivity index (χ0v) is 17.3. The van der Waals surface area contributed by atoms with Crippen molar-refractivity contribution in [1.82, 2.24) is 0 Å². The maximum atomic E-state index is 10.7. The van der Waals surface area contributed by atoms with Gasteiger partial charge in [0, 0.05) is 40.8 Å². The van der Waals surface area contributed by atoms with E-state index in [9.17, 15) is 29.8 Å². The van der Waals surface area contributed by atoms with Crippen LogP contribution in [0.15, 0.2) is 40.9 Å². The predicted octanol–water partition coefficient (Wildman–Crippen LogP) is 2.33. The fourth-order valence-electron chi connectivity index (χ4n) is 2.74. The van der Waals surface area contributed by atoms with Crippen LogP contribution in [-0.2, 0) is 22.4 Å². The lowest BCUT2D eigenvalue weighted by Crippen LogP contribution is -2.32. The average molecular weight is 497 g/mol. The monoisotopic (exact) mass is 496 g/mol. The van der Waals surface area contributed by atoms with Crippen LogP contribution in [0.4, 0.5) is 17.1 Å². The normalized spacial score (nSPS) is 15.0. The third kappa shape index (κ3) is 6.20. The number of nitrogens with two attached hydrogens (primary N) is 1. The van der Waals surface area contributed by atoms with Gasteiger partial charge in [0.2, 0.25) is 0 Å². The van der Waals surface area contributed by atoms with Gasteiger partial charge in [-0.3, -0.25) is 25.0 Å². The van der Waals surface area contributed by atoms with Crippen LogP contribution in [0.3, 0.4) is 0 Å². The lowest BCUT2D eigenvalue weighted by Gasteiger charge is -2.07. The van der Waals surface area contributed by atoms with Gasteiger partial charge in [0.15, 0.2) is 0 Å². The van der Waals surface area contributed by atoms with Crippen LogP contribution in [0.25, 0.3) is 0 Å². The predicted molar refractivity (Wildman–Crippen MR) is 112 cm³/mol. The minimum absolute atomic E-state index is 0.0349. The van der Waals surface area contributed by atoms with E-state index >= 15 is 0 Å². The van der Waals surface area contributed by atoms with Crippen molar-refractivity contribution in [2.45, 2.75) is 24.9 Å². The number of fused-ring (bicyclic) bond motifs is 1. The number of nitro groups is 2. The molecule has 12 nitrogen and oxygen atoms in total. The third-order valence-electron chi connectivity index (χ3n) is 4.36. The Labute approximate surface area is 183 Å². The molecule has 0 bridgehead atoms. The van der Waals surface area contributed by atoms with Crippen molar-refractivity contribution >= 4 is 44.9 Å². The van der Waals surface area contributed by atoms with Crippen molar-refractivity contribution in [1.29, 1.82) is 0 Å². The number of rotatable bonds is 6. The average Bonchev–Trinajstić information content (AvgIpc) is 3.13. The number of halogens is 1. The Morgan fingerprint density at radius 3 is 2.23 bits per heavy atom. The van der Waals surface area contributed by atoms with Crippen molar-refractivity contribution in [3.05, 3.63) is 72.2 Å². The standard InChI is InChI=1S/C9H9BrN2O4.C9H8N2O4/c10-7-4-6(12(15)16)2-1-5(7)3-8(11)9(13)14;12-9(13)8-3-5-1-2-6(11(14)15)4-7(5)10-8/h1-2,4,8H,3,11H2,(H,13,14);1-2,4,8,10H,3H2,(H,12,13)/t2*8-/m00/s1. The summed E-state index contributed by atoms with van der Waals surface area (Å²) in [6.07, 6.45) is 0.483. The number of aliphatic carboxylic acids is 2. The van der Waals surface area contributed by atoms with E-state index in [1.54, 1.807) is 6.07 Å². The van der Waals surface area contributed by atoms with E-state index in [4.69, 9.17) is 15.9 Å². The van der Waals surface area contributed by atoms with E-state index < -0.39 is 33.9 Å². The van der Waals surface area contributed by atoms with E-state index in [1.165, 1.54) is 30.3 Å². The second kappa shape index (κ2) is 9.95. The molecule has 0 aromatic heterocycles.